The van der Waals surface area contributed by atoms with Crippen LogP contribution in [-0.2, 0) is 19.1 Å². The molecule has 90 valence electrons. The molecule has 5 atom stereocenters. The average Bonchev–Trinajstić information content (AvgIpc) is 2.56. The van der Waals surface area contributed by atoms with Crippen LogP contribution in [0.5, 0.6) is 0 Å². The van der Waals surface area contributed by atoms with Crippen LogP contribution >= 0.6 is 27.5 Å². The molecular weight excluding hydrogens is 299 g/mol. The van der Waals surface area contributed by atoms with Gasteiger partial charge in [-0.25, -0.2) is 0 Å². The van der Waals surface area contributed by atoms with Gasteiger partial charge in [-0.15, -0.1) is 11.6 Å². The second-order valence-corrected chi connectivity index (χ2v) is 5.55. The van der Waals surface area contributed by atoms with E-state index in [4.69, 9.17) is 21.1 Å². The van der Waals surface area contributed by atoms with Crippen molar-refractivity contribution in [2.45, 2.75) is 29.7 Å². The van der Waals surface area contributed by atoms with Crippen molar-refractivity contribution in [2.75, 3.05) is 6.61 Å². The lowest BCUT2D eigenvalue weighted by Gasteiger charge is -2.31. The van der Waals surface area contributed by atoms with Crippen molar-refractivity contribution >= 4 is 39.5 Å². The molecule has 1 saturated carbocycles. The van der Waals surface area contributed by atoms with Gasteiger partial charge >= 0.3 is 11.9 Å². The lowest BCUT2D eigenvalue weighted by Crippen LogP contribution is -2.45. The Morgan fingerprint density at radius 1 is 1.69 bits per heavy atom. The van der Waals surface area contributed by atoms with Crippen LogP contribution in [-0.4, -0.2) is 34.9 Å². The van der Waals surface area contributed by atoms with Crippen LogP contribution in [0.15, 0.2) is 0 Å². The van der Waals surface area contributed by atoms with Crippen LogP contribution in [0, 0.1) is 11.8 Å². The maximum absolute atomic E-state index is 11.8. The molecule has 0 aromatic carbocycles. The lowest BCUT2D eigenvalue weighted by molar-refractivity contribution is -0.154. The van der Waals surface area contributed by atoms with E-state index in [0.717, 1.165) is 0 Å². The molecule has 0 aromatic rings. The minimum Gasteiger partial charge on any atom is -0.466 e. The van der Waals surface area contributed by atoms with E-state index in [1.807, 2.05) is 0 Å². The highest BCUT2D eigenvalue weighted by atomic mass is 79.9. The zero-order chi connectivity index (χ0) is 11.9. The van der Waals surface area contributed by atoms with Gasteiger partial charge in [-0.3, -0.25) is 9.59 Å². The third-order valence-electron chi connectivity index (χ3n) is 3.05. The Labute approximate surface area is 107 Å². The van der Waals surface area contributed by atoms with Gasteiger partial charge in [0.05, 0.1) is 28.6 Å². The number of esters is 2. The van der Waals surface area contributed by atoms with Crippen LogP contribution < -0.4 is 0 Å². The Kier molecular flexibility index (Phi) is 3.45. The van der Waals surface area contributed by atoms with Gasteiger partial charge in [-0.1, -0.05) is 15.9 Å². The largest absolute Gasteiger partial charge is 0.466 e. The first-order valence-electron chi connectivity index (χ1n) is 5.21. The fraction of sp³-hybridized carbons (Fsp3) is 0.800. The SMILES string of the molecule is CCOC(=O)[C@@H]1[C@@H](Cl)[C@H](Br)[C@H]2C[C@@H]1C(=O)O2. The Bertz CT molecular complexity index is 322. The number of fused-ring (bicyclic) bond motifs is 2. The molecule has 0 amide bonds. The summed E-state index contributed by atoms with van der Waals surface area (Å²) in [5.74, 6) is -1.79. The monoisotopic (exact) mass is 310 g/mol. The Morgan fingerprint density at radius 2 is 2.38 bits per heavy atom. The van der Waals surface area contributed by atoms with Crippen molar-refractivity contribution in [3.8, 4) is 0 Å². The van der Waals surface area contributed by atoms with Crippen molar-refractivity contribution in [3.05, 3.63) is 0 Å². The van der Waals surface area contributed by atoms with Gasteiger partial charge in [-0.05, 0) is 13.3 Å². The molecule has 2 rings (SSSR count). The molecule has 2 aliphatic rings. The van der Waals surface area contributed by atoms with Gasteiger partial charge in [0, 0.05) is 0 Å². The number of halogens is 2. The first-order chi connectivity index (χ1) is 7.56. The van der Waals surface area contributed by atoms with Crippen molar-refractivity contribution in [1.82, 2.24) is 0 Å². The average molecular weight is 312 g/mol. The molecule has 0 spiro atoms. The molecule has 1 aliphatic heterocycles. The minimum atomic E-state index is -0.600. The number of alkyl halides is 2. The maximum atomic E-state index is 11.8. The van der Waals surface area contributed by atoms with E-state index in [0.29, 0.717) is 6.42 Å². The van der Waals surface area contributed by atoms with Crippen molar-refractivity contribution < 1.29 is 19.1 Å². The summed E-state index contributed by atoms with van der Waals surface area (Å²) in [5.41, 5.74) is 0. The van der Waals surface area contributed by atoms with Crippen LogP contribution in [0.4, 0.5) is 0 Å². The molecule has 1 heterocycles. The summed E-state index contributed by atoms with van der Waals surface area (Å²) >= 11 is 9.56. The molecule has 1 aliphatic carbocycles. The number of carbonyl (C=O) groups is 2. The Hall–Kier alpha value is -0.290. The zero-order valence-corrected chi connectivity index (χ0v) is 11.0. The number of ether oxygens (including phenoxy) is 2. The maximum Gasteiger partial charge on any atom is 0.311 e. The Morgan fingerprint density at radius 3 is 3.00 bits per heavy atom. The zero-order valence-electron chi connectivity index (χ0n) is 8.69. The van der Waals surface area contributed by atoms with Crippen LogP contribution in [0.25, 0.3) is 0 Å². The number of rotatable bonds is 2. The molecule has 1 saturated heterocycles. The van der Waals surface area contributed by atoms with Crippen molar-refractivity contribution in [3.63, 3.8) is 0 Å². The molecule has 0 N–H and O–H groups in total. The Balaban J connectivity index is 2.21. The van der Waals surface area contributed by atoms with E-state index >= 15 is 0 Å². The summed E-state index contributed by atoms with van der Waals surface area (Å²) in [5, 5.41) is -0.464. The third-order valence-corrected chi connectivity index (χ3v) is 5.06. The highest BCUT2D eigenvalue weighted by Gasteiger charge is 2.56. The smallest absolute Gasteiger partial charge is 0.311 e. The number of hydrogen-bond acceptors (Lipinski definition) is 4. The van der Waals surface area contributed by atoms with Crippen LogP contribution in [0.3, 0.4) is 0 Å². The lowest BCUT2D eigenvalue weighted by atomic mass is 9.79. The topological polar surface area (TPSA) is 52.6 Å². The van der Waals surface area contributed by atoms with Crippen molar-refractivity contribution in [2.24, 2.45) is 11.8 Å². The van der Waals surface area contributed by atoms with E-state index in [9.17, 15) is 9.59 Å². The van der Waals surface area contributed by atoms with Gasteiger partial charge in [0.1, 0.15) is 6.10 Å². The van der Waals surface area contributed by atoms with E-state index in [-0.39, 0.29) is 23.5 Å². The molecule has 16 heavy (non-hydrogen) atoms. The van der Waals surface area contributed by atoms with E-state index in [1.54, 1.807) is 6.92 Å². The van der Waals surface area contributed by atoms with Gasteiger partial charge in [0.25, 0.3) is 0 Å². The van der Waals surface area contributed by atoms with Gasteiger partial charge in [-0.2, -0.15) is 0 Å². The standard InChI is InChI=1S/C10H12BrClO4/c1-2-15-10(14)6-4-3-5(16-9(4)13)7(11)8(6)12/h4-8H,2-3H2,1H3/t4-,5+,6-,7+,8+/m0/s1. The quantitative estimate of drug-likeness (QED) is 0.572. The summed E-state index contributed by atoms with van der Waals surface area (Å²) < 4.78 is 10.1. The van der Waals surface area contributed by atoms with Gasteiger partial charge in [0.15, 0.2) is 0 Å². The summed E-state index contributed by atoms with van der Waals surface area (Å²) in [6, 6.07) is 0. The summed E-state index contributed by atoms with van der Waals surface area (Å²) in [6.07, 6.45) is 0.326. The molecule has 0 aromatic heterocycles. The molecule has 2 fully saturated rings. The number of hydrogen-bond donors (Lipinski definition) is 0. The molecule has 0 unspecified atom stereocenters. The predicted molar refractivity (Wildman–Crippen MR) is 60.5 cm³/mol. The summed E-state index contributed by atoms with van der Waals surface area (Å²) in [7, 11) is 0. The highest BCUT2D eigenvalue weighted by Crippen LogP contribution is 2.44. The molecule has 2 bridgehead atoms. The summed E-state index contributed by atoms with van der Waals surface area (Å²) in [4.78, 5) is 23.1. The highest BCUT2D eigenvalue weighted by molar-refractivity contribution is 9.09. The van der Waals surface area contributed by atoms with E-state index in [2.05, 4.69) is 15.9 Å². The fourth-order valence-electron chi connectivity index (χ4n) is 2.28. The second-order valence-electron chi connectivity index (χ2n) is 3.98. The first-order valence-corrected chi connectivity index (χ1v) is 6.56. The molecular formula is C10H12BrClO4. The normalized spacial score (nSPS) is 41.7. The predicted octanol–water partition coefficient (Wildman–Crippen LogP) is 1.48. The third kappa shape index (κ3) is 1.84. The van der Waals surface area contributed by atoms with Crippen LogP contribution in [0.2, 0.25) is 0 Å². The van der Waals surface area contributed by atoms with Crippen molar-refractivity contribution in [1.29, 1.82) is 0 Å². The van der Waals surface area contributed by atoms with E-state index in [1.165, 1.54) is 0 Å². The molecule has 6 heteroatoms. The first kappa shape index (κ1) is 12.2. The van der Waals surface area contributed by atoms with E-state index < -0.39 is 23.2 Å². The van der Waals surface area contributed by atoms with Gasteiger partial charge < -0.3 is 9.47 Å². The molecule has 4 nitrogen and oxygen atoms in total. The second kappa shape index (κ2) is 4.53. The van der Waals surface area contributed by atoms with Gasteiger partial charge in [0.2, 0.25) is 0 Å². The number of carbonyl (C=O) groups excluding carboxylic acids is 2. The fourth-order valence-corrected chi connectivity index (χ4v) is 3.37. The molecule has 0 radical (unpaired) electrons. The van der Waals surface area contributed by atoms with Crippen LogP contribution in [0.1, 0.15) is 13.3 Å². The summed E-state index contributed by atoms with van der Waals surface area (Å²) in [6.45, 7) is 2.02. The minimum absolute atomic E-state index is 0.189.